The first-order chi connectivity index (χ1) is 22.0. The number of rotatable bonds is 2. The van der Waals surface area contributed by atoms with Crippen LogP contribution in [0.1, 0.15) is 26.3 Å². The van der Waals surface area contributed by atoms with Crippen molar-refractivity contribution in [2.45, 2.75) is 26.2 Å². The number of hydrogen-bond donors (Lipinski definition) is 0. The summed E-state index contributed by atoms with van der Waals surface area (Å²) in [5, 5.41) is 9.35. The summed E-state index contributed by atoms with van der Waals surface area (Å²) in [7, 11) is 0. The summed E-state index contributed by atoms with van der Waals surface area (Å²) in [6.07, 6.45) is 1.91. The molecule has 0 radical (unpaired) electrons. The predicted octanol–water partition coefficient (Wildman–Crippen LogP) is 11.6. The van der Waals surface area contributed by atoms with Gasteiger partial charge in [0, 0.05) is 38.2 Å². The van der Waals surface area contributed by atoms with Gasteiger partial charge in [-0.05, 0) is 44.7 Å². The summed E-state index contributed by atoms with van der Waals surface area (Å²) >= 11 is 0. The molecule has 0 spiro atoms. The predicted molar refractivity (Wildman–Crippen MR) is 189 cm³/mol. The Morgan fingerprint density at radius 3 is 1.91 bits per heavy atom. The molecule has 0 N–H and O–H groups in total. The zero-order chi connectivity index (χ0) is 30.3. The van der Waals surface area contributed by atoms with Crippen LogP contribution in [-0.4, -0.2) is 9.97 Å². The van der Waals surface area contributed by atoms with E-state index in [9.17, 15) is 0 Å². The van der Waals surface area contributed by atoms with E-state index in [-0.39, 0.29) is 5.41 Å². The lowest BCUT2D eigenvalue weighted by Gasteiger charge is -2.18. The fourth-order valence-electron chi connectivity index (χ4n) is 7.06. The molecular formula is C42H30N2O. The Morgan fingerprint density at radius 2 is 1.16 bits per heavy atom. The van der Waals surface area contributed by atoms with Gasteiger partial charge in [-0.2, -0.15) is 0 Å². The standard InChI is InChI=1S/C42H30N2O/c1-42(2,3)35-21-11-20-33-37-28-15-5-4-12-26(28)23-34(41(37)45-40(33)35)25-13-10-14-27(22-25)36-24-43-38-31-18-8-6-16-29(31)30-17-7-9-19-32(30)39(38)44-36/h4-24H,1-3H3. The van der Waals surface area contributed by atoms with Gasteiger partial charge in [-0.15, -0.1) is 0 Å². The van der Waals surface area contributed by atoms with Crippen molar-refractivity contribution in [1.29, 1.82) is 0 Å². The largest absolute Gasteiger partial charge is 0.455 e. The Morgan fingerprint density at radius 1 is 0.533 bits per heavy atom. The minimum absolute atomic E-state index is 0.0481. The number of aromatic nitrogens is 2. The first-order valence-corrected chi connectivity index (χ1v) is 15.5. The van der Waals surface area contributed by atoms with Crippen LogP contribution in [0.2, 0.25) is 0 Å². The summed E-state index contributed by atoms with van der Waals surface area (Å²) in [5.41, 5.74) is 8.93. The molecule has 9 rings (SSSR count). The van der Waals surface area contributed by atoms with Crippen LogP contribution in [0.3, 0.4) is 0 Å². The lowest BCUT2D eigenvalue weighted by atomic mass is 9.85. The van der Waals surface area contributed by atoms with Crippen molar-refractivity contribution in [3.8, 4) is 22.4 Å². The molecule has 3 heteroatoms. The molecule has 2 aromatic heterocycles. The molecular weight excluding hydrogens is 548 g/mol. The second kappa shape index (κ2) is 9.48. The van der Waals surface area contributed by atoms with Gasteiger partial charge in [0.15, 0.2) is 0 Å². The first kappa shape index (κ1) is 25.9. The van der Waals surface area contributed by atoms with Crippen molar-refractivity contribution in [3.05, 3.63) is 133 Å². The van der Waals surface area contributed by atoms with Crippen LogP contribution >= 0.6 is 0 Å². The minimum Gasteiger partial charge on any atom is -0.455 e. The van der Waals surface area contributed by atoms with Crippen molar-refractivity contribution in [1.82, 2.24) is 9.97 Å². The van der Waals surface area contributed by atoms with Gasteiger partial charge in [-0.3, -0.25) is 4.98 Å². The van der Waals surface area contributed by atoms with Gasteiger partial charge in [0.05, 0.1) is 22.9 Å². The van der Waals surface area contributed by atoms with Crippen LogP contribution in [0.25, 0.3) is 87.7 Å². The van der Waals surface area contributed by atoms with Crippen molar-refractivity contribution >= 4 is 65.3 Å². The van der Waals surface area contributed by atoms with E-state index in [1.807, 2.05) is 6.20 Å². The number of furan rings is 1. The van der Waals surface area contributed by atoms with Crippen LogP contribution in [0.15, 0.2) is 132 Å². The molecule has 7 aromatic carbocycles. The van der Waals surface area contributed by atoms with E-state index in [1.165, 1.54) is 32.5 Å². The van der Waals surface area contributed by atoms with Gasteiger partial charge >= 0.3 is 0 Å². The highest BCUT2D eigenvalue weighted by Gasteiger charge is 2.23. The highest BCUT2D eigenvalue weighted by Crippen LogP contribution is 2.44. The monoisotopic (exact) mass is 578 g/mol. The molecule has 0 saturated carbocycles. The lowest BCUT2D eigenvalue weighted by molar-refractivity contribution is 0.573. The van der Waals surface area contributed by atoms with Gasteiger partial charge in [-0.1, -0.05) is 130 Å². The summed E-state index contributed by atoms with van der Waals surface area (Å²) < 4.78 is 6.87. The Labute approximate surface area is 260 Å². The topological polar surface area (TPSA) is 38.9 Å². The average Bonchev–Trinajstić information content (AvgIpc) is 3.47. The Balaban J connectivity index is 1.29. The summed E-state index contributed by atoms with van der Waals surface area (Å²) in [5.74, 6) is 0. The smallest absolute Gasteiger partial charge is 0.143 e. The molecule has 0 unspecified atom stereocenters. The third kappa shape index (κ3) is 3.90. The molecule has 0 amide bonds. The number of nitrogens with zero attached hydrogens (tertiary/aromatic N) is 2. The van der Waals surface area contributed by atoms with Gasteiger partial charge in [-0.25, -0.2) is 4.98 Å². The maximum absolute atomic E-state index is 6.87. The molecule has 0 saturated heterocycles. The van der Waals surface area contributed by atoms with Gasteiger partial charge in [0.1, 0.15) is 11.2 Å². The molecule has 0 aliphatic carbocycles. The third-order valence-corrected chi connectivity index (χ3v) is 9.19. The SMILES string of the molecule is CC(C)(C)c1cccc2c1oc1c(-c3cccc(-c4cnc5c6ccccc6c6ccccc6c5n4)c3)cc3ccccc3c12. The van der Waals surface area contributed by atoms with E-state index in [4.69, 9.17) is 14.4 Å². The molecule has 0 fully saturated rings. The maximum atomic E-state index is 6.87. The molecule has 2 heterocycles. The van der Waals surface area contributed by atoms with E-state index in [1.54, 1.807) is 0 Å². The van der Waals surface area contributed by atoms with Crippen LogP contribution in [-0.2, 0) is 5.41 Å². The van der Waals surface area contributed by atoms with Crippen molar-refractivity contribution in [3.63, 3.8) is 0 Å². The second-order valence-corrected chi connectivity index (χ2v) is 13.0. The highest BCUT2D eigenvalue weighted by molar-refractivity contribution is 6.24. The molecule has 9 aromatic rings. The first-order valence-electron chi connectivity index (χ1n) is 15.5. The normalized spacial score (nSPS) is 12.3. The number of hydrogen-bond acceptors (Lipinski definition) is 3. The minimum atomic E-state index is -0.0481. The van der Waals surface area contributed by atoms with Gasteiger partial charge < -0.3 is 4.42 Å². The lowest BCUT2D eigenvalue weighted by Crippen LogP contribution is -2.10. The van der Waals surface area contributed by atoms with E-state index >= 15 is 0 Å². The van der Waals surface area contributed by atoms with Crippen LogP contribution in [0.5, 0.6) is 0 Å². The fraction of sp³-hybridized carbons (Fsp3) is 0.0952. The van der Waals surface area contributed by atoms with Crippen LogP contribution in [0.4, 0.5) is 0 Å². The number of para-hydroxylation sites is 1. The summed E-state index contributed by atoms with van der Waals surface area (Å²) in [6.45, 7) is 6.73. The van der Waals surface area contributed by atoms with Gasteiger partial charge in [0.25, 0.3) is 0 Å². The number of fused-ring (bicyclic) bond motifs is 11. The van der Waals surface area contributed by atoms with Gasteiger partial charge in [0.2, 0.25) is 0 Å². The molecule has 3 nitrogen and oxygen atoms in total. The number of benzene rings is 7. The third-order valence-electron chi connectivity index (χ3n) is 9.19. The van der Waals surface area contributed by atoms with E-state index < -0.39 is 0 Å². The summed E-state index contributed by atoms with van der Waals surface area (Å²) in [4.78, 5) is 10.3. The molecule has 0 aliphatic rings. The van der Waals surface area contributed by atoms with E-state index in [2.05, 4.69) is 142 Å². The zero-order valence-electron chi connectivity index (χ0n) is 25.4. The van der Waals surface area contributed by atoms with Crippen LogP contribution < -0.4 is 0 Å². The Hall–Kier alpha value is -5.54. The average molecular weight is 579 g/mol. The molecule has 45 heavy (non-hydrogen) atoms. The Bertz CT molecular complexity index is 2600. The van der Waals surface area contributed by atoms with Crippen molar-refractivity contribution < 1.29 is 4.42 Å². The van der Waals surface area contributed by atoms with Crippen molar-refractivity contribution in [2.75, 3.05) is 0 Å². The molecule has 0 atom stereocenters. The van der Waals surface area contributed by atoms with E-state index in [0.717, 1.165) is 60.7 Å². The summed E-state index contributed by atoms with van der Waals surface area (Å²) in [6, 6.07) is 43.0. The molecule has 0 aliphatic heterocycles. The fourth-order valence-corrected chi connectivity index (χ4v) is 7.06. The Kier molecular flexibility index (Phi) is 5.46. The highest BCUT2D eigenvalue weighted by atomic mass is 16.3. The van der Waals surface area contributed by atoms with E-state index in [0.29, 0.717) is 0 Å². The van der Waals surface area contributed by atoms with Crippen molar-refractivity contribution in [2.24, 2.45) is 0 Å². The molecule has 0 bridgehead atoms. The zero-order valence-corrected chi connectivity index (χ0v) is 25.4. The molecule has 214 valence electrons. The van der Waals surface area contributed by atoms with Crippen LogP contribution in [0, 0.1) is 0 Å². The maximum Gasteiger partial charge on any atom is 0.143 e. The second-order valence-electron chi connectivity index (χ2n) is 13.0. The quantitative estimate of drug-likeness (QED) is 0.192.